The summed E-state index contributed by atoms with van der Waals surface area (Å²) in [6.45, 7) is 8.03. The molecule has 0 atom stereocenters. The second kappa shape index (κ2) is 9.74. The molecule has 0 N–H and O–H groups in total. The van der Waals surface area contributed by atoms with Crippen molar-refractivity contribution in [1.82, 2.24) is 4.90 Å². The number of hydrogen-bond donors (Lipinski definition) is 0. The molecule has 0 spiro atoms. The number of carbonyl (C=O) groups excluding carboxylic acids is 1. The summed E-state index contributed by atoms with van der Waals surface area (Å²) in [6.07, 6.45) is 4.72. The van der Waals surface area contributed by atoms with E-state index in [1.807, 2.05) is 20.8 Å². The third-order valence-corrected chi connectivity index (χ3v) is 4.14. The number of nitrogens with zero attached hydrogens (tertiary/aromatic N) is 1. The summed E-state index contributed by atoms with van der Waals surface area (Å²) < 4.78 is 15.6. The predicted octanol–water partition coefficient (Wildman–Crippen LogP) is 4.26. The van der Waals surface area contributed by atoms with Crippen molar-refractivity contribution in [2.45, 2.75) is 45.6 Å². The van der Waals surface area contributed by atoms with Gasteiger partial charge in [0.2, 0.25) is 0 Å². The van der Waals surface area contributed by atoms with Crippen LogP contribution in [0.3, 0.4) is 0 Å². The molecule has 1 heterocycles. The molecule has 5 heteroatoms. The molecule has 1 aromatic carbocycles. The van der Waals surface area contributed by atoms with Gasteiger partial charge in [0.1, 0.15) is 12.4 Å². The summed E-state index contributed by atoms with van der Waals surface area (Å²) in [4.78, 5) is 13.9. The van der Waals surface area contributed by atoms with Gasteiger partial charge in [-0.3, -0.25) is 0 Å². The molecule has 0 aromatic heterocycles. The lowest BCUT2D eigenvalue weighted by Crippen LogP contribution is -2.39. The van der Waals surface area contributed by atoms with Gasteiger partial charge in [0.05, 0.1) is 0 Å². The van der Waals surface area contributed by atoms with Gasteiger partial charge in [0.25, 0.3) is 0 Å². The maximum absolute atomic E-state index is 12.1. The first kappa shape index (κ1) is 20.5. The Hall–Kier alpha value is -1.85. The van der Waals surface area contributed by atoms with E-state index in [0.717, 1.165) is 19.3 Å². The van der Waals surface area contributed by atoms with Gasteiger partial charge in [-0.25, -0.2) is 4.79 Å². The fraction of sp³-hybridized carbons (Fsp3) is 0.571. The number of carbonyl (C=O) groups is 1. The highest BCUT2D eigenvalue weighted by atomic mass is 16.7. The zero-order chi connectivity index (χ0) is 19.0. The molecule has 0 saturated heterocycles. The zero-order valence-corrected chi connectivity index (χ0v) is 16.4. The van der Waals surface area contributed by atoms with E-state index < -0.39 is 5.60 Å². The summed E-state index contributed by atoms with van der Waals surface area (Å²) in [7, 11) is 1.63. The van der Waals surface area contributed by atoms with E-state index in [-0.39, 0.29) is 6.09 Å². The van der Waals surface area contributed by atoms with Crippen LogP contribution in [0.5, 0.6) is 0 Å². The van der Waals surface area contributed by atoms with Gasteiger partial charge in [-0.2, -0.15) is 0 Å². The monoisotopic (exact) mass is 361 g/mol. The lowest BCUT2D eigenvalue weighted by molar-refractivity contribution is -0.0310. The van der Waals surface area contributed by atoms with E-state index in [4.69, 9.17) is 14.2 Å². The lowest BCUT2D eigenvalue weighted by Gasteiger charge is -2.29. The lowest BCUT2D eigenvalue weighted by atomic mass is 9.97. The summed E-state index contributed by atoms with van der Waals surface area (Å²) in [5.74, 6) is 0. The molecule has 2 rings (SSSR count). The van der Waals surface area contributed by atoms with Gasteiger partial charge in [-0.1, -0.05) is 30.3 Å². The van der Waals surface area contributed by atoms with E-state index in [9.17, 15) is 4.79 Å². The first-order chi connectivity index (χ1) is 12.4. The van der Waals surface area contributed by atoms with Gasteiger partial charge in [-0.05, 0) is 56.7 Å². The SMILES string of the molecule is COCOCCCc1ccc(C2=CCN(C(=O)OC(C)(C)C)CC2)cc1. The first-order valence-corrected chi connectivity index (χ1v) is 9.22. The minimum atomic E-state index is -0.453. The smallest absolute Gasteiger partial charge is 0.410 e. The molecule has 0 fully saturated rings. The van der Waals surface area contributed by atoms with Gasteiger partial charge in [-0.15, -0.1) is 0 Å². The van der Waals surface area contributed by atoms with E-state index in [1.165, 1.54) is 16.7 Å². The fourth-order valence-electron chi connectivity index (χ4n) is 2.83. The molecule has 1 aliphatic rings. The summed E-state index contributed by atoms with van der Waals surface area (Å²) >= 11 is 0. The minimum absolute atomic E-state index is 0.237. The predicted molar refractivity (Wildman–Crippen MR) is 103 cm³/mol. The first-order valence-electron chi connectivity index (χ1n) is 9.22. The van der Waals surface area contributed by atoms with Crippen LogP contribution in [0.4, 0.5) is 4.79 Å². The summed E-state index contributed by atoms with van der Waals surface area (Å²) in [5.41, 5.74) is 3.38. The van der Waals surface area contributed by atoms with E-state index in [0.29, 0.717) is 26.5 Å². The third-order valence-electron chi connectivity index (χ3n) is 4.14. The fourth-order valence-corrected chi connectivity index (χ4v) is 2.83. The zero-order valence-electron chi connectivity index (χ0n) is 16.4. The molecule has 26 heavy (non-hydrogen) atoms. The van der Waals surface area contributed by atoms with Gasteiger partial charge in [0, 0.05) is 26.8 Å². The molecule has 0 unspecified atom stereocenters. The van der Waals surface area contributed by atoms with Crippen LogP contribution >= 0.6 is 0 Å². The third kappa shape index (κ3) is 6.81. The van der Waals surface area contributed by atoms with E-state index in [2.05, 4.69) is 30.3 Å². The van der Waals surface area contributed by atoms with Gasteiger partial charge in [0.15, 0.2) is 0 Å². The van der Waals surface area contributed by atoms with Crippen molar-refractivity contribution in [2.75, 3.05) is 33.6 Å². The van der Waals surface area contributed by atoms with Crippen LogP contribution in [0.1, 0.15) is 44.7 Å². The minimum Gasteiger partial charge on any atom is -0.444 e. The maximum Gasteiger partial charge on any atom is 0.410 e. The Morgan fingerprint density at radius 2 is 1.92 bits per heavy atom. The number of ether oxygens (including phenoxy) is 3. The van der Waals surface area contributed by atoms with Crippen molar-refractivity contribution < 1.29 is 19.0 Å². The molecule has 0 radical (unpaired) electrons. The number of hydrogen-bond acceptors (Lipinski definition) is 4. The topological polar surface area (TPSA) is 48.0 Å². The molecule has 1 aromatic rings. The van der Waals surface area contributed by atoms with Crippen LogP contribution in [0.15, 0.2) is 30.3 Å². The van der Waals surface area contributed by atoms with Crippen LogP contribution in [0, 0.1) is 0 Å². The standard InChI is InChI=1S/C21H31NO4/c1-21(2,3)26-20(23)22-13-11-19(12-14-22)18-9-7-17(8-10-18)6-5-15-25-16-24-4/h7-11H,5-6,12-16H2,1-4H3. The Labute approximate surface area is 156 Å². The highest BCUT2D eigenvalue weighted by molar-refractivity contribution is 5.72. The molecule has 144 valence electrons. The van der Waals surface area contributed by atoms with E-state index in [1.54, 1.807) is 12.0 Å². The van der Waals surface area contributed by atoms with Crippen molar-refractivity contribution in [3.05, 3.63) is 41.5 Å². The largest absolute Gasteiger partial charge is 0.444 e. The molecule has 1 amide bonds. The highest BCUT2D eigenvalue weighted by Gasteiger charge is 2.23. The van der Waals surface area contributed by atoms with E-state index >= 15 is 0 Å². The van der Waals surface area contributed by atoms with Crippen molar-refractivity contribution in [3.8, 4) is 0 Å². The second-order valence-corrected chi connectivity index (χ2v) is 7.52. The Kier molecular flexibility index (Phi) is 7.66. The second-order valence-electron chi connectivity index (χ2n) is 7.52. The van der Waals surface area contributed by atoms with Crippen LogP contribution in [0.25, 0.3) is 5.57 Å². The van der Waals surface area contributed by atoms with Crippen LogP contribution in [-0.2, 0) is 20.6 Å². The highest BCUT2D eigenvalue weighted by Crippen LogP contribution is 2.24. The van der Waals surface area contributed by atoms with Crippen molar-refractivity contribution in [1.29, 1.82) is 0 Å². The average Bonchev–Trinajstić information content (AvgIpc) is 2.61. The van der Waals surface area contributed by atoms with Crippen LogP contribution in [0.2, 0.25) is 0 Å². The number of aryl methyl sites for hydroxylation is 1. The molecule has 1 aliphatic heterocycles. The van der Waals surface area contributed by atoms with Gasteiger partial charge < -0.3 is 19.1 Å². The molecule has 0 bridgehead atoms. The Morgan fingerprint density at radius 3 is 2.50 bits per heavy atom. The van der Waals surface area contributed by atoms with Crippen molar-refractivity contribution in [3.63, 3.8) is 0 Å². The molecule has 5 nitrogen and oxygen atoms in total. The normalized spacial score (nSPS) is 14.9. The van der Waals surface area contributed by atoms with Crippen molar-refractivity contribution in [2.24, 2.45) is 0 Å². The maximum atomic E-state index is 12.1. The Morgan fingerprint density at radius 1 is 1.19 bits per heavy atom. The number of amides is 1. The molecular weight excluding hydrogens is 330 g/mol. The Balaban J connectivity index is 1.83. The number of methoxy groups -OCH3 is 1. The number of rotatable bonds is 7. The molecule has 0 aliphatic carbocycles. The van der Waals surface area contributed by atoms with Crippen LogP contribution in [-0.4, -0.2) is 50.2 Å². The quantitative estimate of drug-likeness (QED) is 0.538. The summed E-state index contributed by atoms with van der Waals surface area (Å²) in [5, 5.41) is 0. The summed E-state index contributed by atoms with van der Waals surface area (Å²) in [6, 6.07) is 8.68. The van der Waals surface area contributed by atoms with Gasteiger partial charge >= 0.3 is 6.09 Å². The average molecular weight is 361 g/mol. The van der Waals surface area contributed by atoms with Crippen molar-refractivity contribution >= 4 is 11.7 Å². The molecular formula is C21H31NO4. The van der Waals surface area contributed by atoms with Crippen LogP contribution < -0.4 is 0 Å². The number of benzene rings is 1. The molecule has 0 saturated carbocycles. The Bertz CT molecular complexity index is 601.